The van der Waals surface area contributed by atoms with Crippen LogP contribution in [0.1, 0.15) is 40.7 Å². The minimum atomic E-state index is -6.10. The Labute approximate surface area is 379 Å². The Morgan fingerprint density at radius 3 is 2.11 bits per heavy atom. The molecule has 1 saturated heterocycles. The predicted molar refractivity (Wildman–Crippen MR) is 240 cm³/mol. The zero-order chi connectivity index (χ0) is 47.0. The third kappa shape index (κ3) is 12.8. The van der Waals surface area contributed by atoms with Crippen molar-refractivity contribution in [2.75, 3.05) is 55.8 Å². The van der Waals surface area contributed by atoms with Gasteiger partial charge in [-0.2, -0.15) is 26.3 Å². The second kappa shape index (κ2) is 21.0. The molecule has 0 saturated carbocycles. The van der Waals surface area contributed by atoms with Crippen LogP contribution < -0.4 is 14.9 Å². The van der Waals surface area contributed by atoms with E-state index in [1.54, 1.807) is 24.1 Å². The van der Waals surface area contributed by atoms with Crippen LogP contribution in [0.4, 0.5) is 37.7 Å². The van der Waals surface area contributed by atoms with Crippen molar-refractivity contribution < 1.29 is 53.1 Å². The average Bonchev–Trinajstić information content (AvgIpc) is 3.27. The first-order valence-electron chi connectivity index (χ1n) is 20.6. The Morgan fingerprint density at radius 2 is 1.48 bits per heavy atom. The van der Waals surface area contributed by atoms with Gasteiger partial charge in [0.05, 0.1) is 22.8 Å². The van der Waals surface area contributed by atoms with Gasteiger partial charge in [-0.3, -0.25) is 4.79 Å². The maximum atomic E-state index is 14.1. The zero-order valence-electron chi connectivity index (χ0n) is 35.1. The van der Waals surface area contributed by atoms with Gasteiger partial charge in [-0.15, -0.1) is 11.8 Å². The summed E-state index contributed by atoms with van der Waals surface area (Å²) in [6.07, 6.45) is -1.78. The van der Waals surface area contributed by atoms with Crippen molar-refractivity contribution in [2.24, 2.45) is 5.92 Å². The van der Waals surface area contributed by atoms with E-state index in [4.69, 9.17) is 0 Å². The summed E-state index contributed by atoms with van der Waals surface area (Å²) in [6.45, 7) is 1.91. The summed E-state index contributed by atoms with van der Waals surface area (Å²) in [5.74, 6) is -0.505. The molecule has 5 aromatic rings. The standard InChI is InChI=1S/C46H48F6N4O6S3/c1-55(27-28-57)24-23-37(31-63-39-8-3-2-4-9-39)53-42-20-19-40(30-43(42)64(59,60)46(50,51)52)65(61,62)54-44(58)34-13-17-38(18-14-34)56-25-21-32(22-26-56)29-35-7-5-6-10-41(35)33-11-15-36(16-12-33)45(47,48)49/h2-20,30,32,37,53,57H,21-29,31H2,1H3,(H,54,58)/t37-/m1/s1. The fraction of sp³-hybridized carbons (Fsp3) is 0.326. The number of piperidine rings is 1. The van der Waals surface area contributed by atoms with Crippen LogP contribution in [0.3, 0.4) is 0 Å². The predicted octanol–water partition coefficient (Wildman–Crippen LogP) is 9.13. The molecule has 10 nitrogen and oxygen atoms in total. The first-order chi connectivity index (χ1) is 30.7. The lowest BCUT2D eigenvalue weighted by Crippen LogP contribution is -2.34. The van der Waals surface area contributed by atoms with Gasteiger partial charge in [0.25, 0.3) is 25.8 Å². The minimum absolute atomic E-state index is 0.0709. The first kappa shape index (κ1) is 49.4. The lowest BCUT2D eigenvalue weighted by Gasteiger charge is -2.34. The van der Waals surface area contributed by atoms with Crippen LogP contribution in [0.5, 0.6) is 0 Å². The Morgan fingerprint density at radius 1 is 0.831 bits per heavy atom. The number of halogens is 6. The lowest BCUT2D eigenvalue weighted by molar-refractivity contribution is -0.137. The van der Waals surface area contributed by atoms with E-state index in [0.29, 0.717) is 50.0 Å². The highest BCUT2D eigenvalue weighted by atomic mass is 32.2. The number of thioether (sulfide) groups is 1. The maximum Gasteiger partial charge on any atom is 0.501 e. The molecular formula is C46H48F6N4O6S3. The summed E-state index contributed by atoms with van der Waals surface area (Å²) < 4.78 is 136. The number of alkyl halides is 6. The van der Waals surface area contributed by atoms with Gasteiger partial charge >= 0.3 is 11.7 Å². The number of carbonyl (C=O) groups excluding carboxylic acids is 1. The molecular weight excluding hydrogens is 915 g/mol. The molecule has 348 valence electrons. The van der Waals surface area contributed by atoms with Gasteiger partial charge < -0.3 is 20.2 Å². The van der Waals surface area contributed by atoms with Crippen molar-refractivity contribution in [2.45, 2.75) is 58.1 Å². The number of sulfone groups is 1. The number of likely N-dealkylation sites (N-methyl/N-ethyl adjacent to an activating group) is 1. The van der Waals surface area contributed by atoms with Crippen LogP contribution in [-0.4, -0.2) is 89.9 Å². The van der Waals surface area contributed by atoms with E-state index < -0.39 is 64.5 Å². The molecule has 1 heterocycles. The Balaban J connectivity index is 1.12. The smallest absolute Gasteiger partial charge is 0.395 e. The number of aliphatic hydroxyl groups excluding tert-OH is 1. The van der Waals surface area contributed by atoms with Crippen LogP contribution in [0.15, 0.2) is 136 Å². The topological polar surface area (TPSA) is 136 Å². The van der Waals surface area contributed by atoms with Crippen molar-refractivity contribution in [3.05, 3.63) is 138 Å². The van der Waals surface area contributed by atoms with E-state index in [1.807, 2.05) is 59.3 Å². The molecule has 1 atom stereocenters. The summed E-state index contributed by atoms with van der Waals surface area (Å²) in [5, 5.41) is 12.2. The van der Waals surface area contributed by atoms with Gasteiger partial charge in [-0.1, -0.05) is 54.6 Å². The molecule has 19 heteroatoms. The Bertz CT molecular complexity index is 2610. The van der Waals surface area contributed by atoms with Gasteiger partial charge in [-0.25, -0.2) is 21.6 Å². The van der Waals surface area contributed by atoms with Crippen molar-refractivity contribution in [3.63, 3.8) is 0 Å². The third-order valence-corrected chi connectivity index (χ3v) is 15.2. The number of rotatable bonds is 18. The summed E-state index contributed by atoms with van der Waals surface area (Å²) in [7, 11) is -9.26. The van der Waals surface area contributed by atoms with Gasteiger partial charge in [0.15, 0.2) is 0 Å². The number of benzene rings is 5. The second-order valence-electron chi connectivity index (χ2n) is 15.7. The van der Waals surface area contributed by atoms with E-state index in [-0.39, 0.29) is 18.1 Å². The number of anilines is 2. The second-order valence-corrected chi connectivity index (χ2v) is 20.4. The summed E-state index contributed by atoms with van der Waals surface area (Å²) >= 11 is 1.38. The molecule has 1 aliphatic rings. The molecule has 0 aromatic heterocycles. The third-order valence-electron chi connectivity index (χ3n) is 11.1. The lowest BCUT2D eigenvalue weighted by atomic mass is 9.86. The highest BCUT2D eigenvalue weighted by Crippen LogP contribution is 2.38. The number of sulfonamides is 1. The number of hydrogen-bond acceptors (Lipinski definition) is 10. The van der Waals surface area contributed by atoms with Gasteiger partial charge in [-0.05, 0) is 129 Å². The van der Waals surface area contributed by atoms with Crippen LogP contribution in [0.25, 0.3) is 11.1 Å². The van der Waals surface area contributed by atoms with Crippen LogP contribution in [-0.2, 0) is 32.5 Å². The molecule has 6 rings (SSSR count). The number of aliphatic hydroxyl groups is 1. The van der Waals surface area contributed by atoms with E-state index in [1.165, 1.54) is 36.0 Å². The summed E-state index contributed by atoms with van der Waals surface area (Å²) in [6, 6.07) is 29.6. The number of nitrogens with one attached hydrogen (secondary N) is 2. The van der Waals surface area contributed by atoms with Crippen molar-refractivity contribution in [1.82, 2.24) is 9.62 Å². The highest BCUT2D eigenvalue weighted by molar-refractivity contribution is 7.99. The monoisotopic (exact) mass is 962 g/mol. The Hall–Kier alpha value is -5.08. The zero-order valence-corrected chi connectivity index (χ0v) is 37.6. The fourth-order valence-electron chi connectivity index (χ4n) is 7.51. The molecule has 65 heavy (non-hydrogen) atoms. The van der Waals surface area contributed by atoms with Crippen molar-refractivity contribution in [1.29, 1.82) is 0 Å². The first-order valence-corrected chi connectivity index (χ1v) is 24.6. The molecule has 5 aromatic carbocycles. The molecule has 1 fully saturated rings. The van der Waals surface area contributed by atoms with Crippen LogP contribution >= 0.6 is 11.8 Å². The number of hydrogen-bond donors (Lipinski definition) is 3. The molecule has 0 unspecified atom stereocenters. The quantitative estimate of drug-likeness (QED) is 0.0577. The maximum absolute atomic E-state index is 14.1. The summed E-state index contributed by atoms with van der Waals surface area (Å²) in [5.41, 5.74) is -3.69. The van der Waals surface area contributed by atoms with Gasteiger partial charge in [0, 0.05) is 47.6 Å². The van der Waals surface area contributed by atoms with E-state index in [9.17, 15) is 53.1 Å². The largest absolute Gasteiger partial charge is 0.501 e. The molecule has 0 radical (unpaired) electrons. The Kier molecular flexibility index (Phi) is 16.0. The molecule has 0 bridgehead atoms. The van der Waals surface area contributed by atoms with Gasteiger partial charge in [0.2, 0.25) is 0 Å². The highest BCUT2D eigenvalue weighted by Gasteiger charge is 2.48. The normalized spacial score (nSPS) is 14.6. The molecule has 3 N–H and O–H groups in total. The van der Waals surface area contributed by atoms with Crippen LogP contribution in [0, 0.1) is 5.92 Å². The number of carbonyl (C=O) groups is 1. The summed E-state index contributed by atoms with van der Waals surface area (Å²) in [4.78, 5) is 15.8. The van der Waals surface area contributed by atoms with Crippen molar-refractivity contribution >= 4 is 48.9 Å². The van der Waals surface area contributed by atoms with E-state index in [2.05, 4.69) is 10.2 Å². The number of amides is 1. The molecule has 0 aliphatic carbocycles. The molecule has 1 amide bonds. The SMILES string of the molecule is CN(CCO)CC[C@H](CSc1ccccc1)Nc1ccc(S(=O)(=O)NC(=O)c2ccc(N3CCC(Cc4ccccc4-c4ccc(C(F)(F)F)cc4)CC3)cc2)cc1S(=O)(=O)C(F)(F)F. The average molecular weight is 963 g/mol. The van der Waals surface area contributed by atoms with E-state index in [0.717, 1.165) is 65.2 Å². The minimum Gasteiger partial charge on any atom is -0.395 e. The molecule has 1 aliphatic heterocycles. The fourth-order valence-corrected chi connectivity index (χ4v) is 10.5. The van der Waals surface area contributed by atoms with E-state index >= 15 is 0 Å². The van der Waals surface area contributed by atoms with Gasteiger partial charge in [0.1, 0.15) is 4.90 Å². The number of nitrogens with zero attached hydrogens (tertiary/aromatic N) is 2. The molecule has 0 spiro atoms. The van der Waals surface area contributed by atoms with Crippen molar-refractivity contribution in [3.8, 4) is 11.1 Å². The van der Waals surface area contributed by atoms with Crippen LogP contribution in [0.2, 0.25) is 0 Å².